The Kier molecular flexibility index (Phi) is 6.06. The molecule has 4 heterocycles. The third-order valence-electron chi connectivity index (χ3n) is 8.47. The first-order valence-corrected chi connectivity index (χ1v) is 15.3. The lowest BCUT2D eigenvalue weighted by molar-refractivity contribution is 1.27. The van der Waals surface area contributed by atoms with Gasteiger partial charge in [0.15, 0.2) is 0 Å². The van der Waals surface area contributed by atoms with E-state index in [1.807, 2.05) is 66.7 Å². The standard InChI is InChI=1S/C41H25N5/c1-2-8-27(9-3-1)38-41(45-36-12-5-4-11-35(36)44-38)31-18-14-26-13-17-30(24-32(26)25-31)33-21-19-28-15-16-29-20-22-37(34-10-6-7-23-42-34)46-40(29)39(28)43-33/h1-25H. The first-order valence-electron chi connectivity index (χ1n) is 15.3. The second-order valence-electron chi connectivity index (χ2n) is 11.4. The van der Waals surface area contributed by atoms with E-state index >= 15 is 0 Å². The van der Waals surface area contributed by atoms with Crippen molar-refractivity contribution in [3.63, 3.8) is 0 Å². The number of nitrogens with zero attached hydrogens (tertiary/aromatic N) is 5. The monoisotopic (exact) mass is 587 g/mol. The number of pyridine rings is 3. The van der Waals surface area contributed by atoms with Crippen molar-refractivity contribution in [2.45, 2.75) is 0 Å². The number of hydrogen-bond donors (Lipinski definition) is 0. The van der Waals surface area contributed by atoms with Crippen LogP contribution in [0.2, 0.25) is 0 Å². The van der Waals surface area contributed by atoms with Gasteiger partial charge in [0.2, 0.25) is 0 Å². The summed E-state index contributed by atoms with van der Waals surface area (Å²) in [6, 6.07) is 49.7. The molecule has 0 amide bonds. The van der Waals surface area contributed by atoms with Crippen molar-refractivity contribution in [2.24, 2.45) is 0 Å². The number of para-hydroxylation sites is 2. The lowest BCUT2D eigenvalue weighted by atomic mass is 9.98. The summed E-state index contributed by atoms with van der Waals surface area (Å²) in [6.07, 6.45) is 1.79. The maximum atomic E-state index is 5.18. The summed E-state index contributed by atoms with van der Waals surface area (Å²) < 4.78 is 0. The molecule has 0 aliphatic heterocycles. The van der Waals surface area contributed by atoms with Crippen LogP contribution < -0.4 is 0 Å². The molecule has 5 heteroatoms. The molecule has 0 spiro atoms. The lowest BCUT2D eigenvalue weighted by Gasteiger charge is -2.12. The Bertz CT molecular complexity index is 2580. The molecule has 0 aliphatic rings. The summed E-state index contributed by atoms with van der Waals surface area (Å²) in [4.78, 5) is 24.9. The summed E-state index contributed by atoms with van der Waals surface area (Å²) in [5.41, 5.74) is 10.9. The first kappa shape index (κ1) is 26.1. The van der Waals surface area contributed by atoms with E-state index in [0.29, 0.717) is 0 Å². The minimum Gasteiger partial charge on any atom is -0.255 e. The van der Waals surface area contributed by atoms with Crippen molar-refractivity contribution < 1.29 is 0 Å². The van der Waals surface area contributed by atoms with Crippen LogP contribution in [0.5, 0.6) is 0 Å². The molecule has 0 radical (unpaired) electrons. The molecule has 0 aliphatic carbocycles. The number of fused-ring (bicyclic) bond motifs is 5. The molecule has 0 N–H and O–H groups in total. The van der Waals surface area contributed by atoms with E-state index in [4.69, 9.17) is 19.9 Å². The molecule has 9 aromatic rings. The predicted molar refractivity (Wildman–Crippen MR) is 187 cm³/mol. The maximum absolute atomic E-state index is 5.18. The summed E-state index contributed by atoms with van der Waals surface area (Å²) in [6.45, 7) is 0. The number of aromatic nitrogens is 5. The average Bonchev–Trinajstić information content (AvgIpc) is 3.14. The fraction of sp³-hybridized carbons (Fsp3) is 0. The SMILES string of the molecule is c1ccc(-c2nc3ccccc3nc2-c2ccc3ccc(-c4ccc5ccc6ccc(-c7ccccn7)nc6c5n4)cc3c2)cc1. The lowest BCUT2D eigenvalue weighted by Crippen LogP contribution is -1.95. The van der Waals surface area contributed by atoms with Crippen molar-refractivity contribution in [2.75, 3.05) is 0 Å². The first-order chi connectivity index (χ1) is 22.8. The Morgan fingerprint density at radius 2 is 0.891 bits per heavy atom. The van der Waals surface area contributed by atoms with Gasteiger partial charge < -0.3 is 0 Å². The van der Waals surface area contributed by atoms with E-state index in [2.05, 4.69) is 83.8 Å². The molecule has 0 saturated heterocycles. The van der Waals surface area contributed by atoms with Gasteiger partial charge in [0, 0.05) is 33.7 Å². The Hall–Kier alpha value is -6.33. The summed E-state index contributed by atoms with van der Waals surface area (Å²) in [7, 11) is 0. The molecule has 0 bridgehead atoms. The van der Waals surface area contributed by atoms with Crippen molar-refractivity contribution in [1.82, 2.24) is 24.9 Å². The van der Waals surface area contributed by atoms with Crippen molar-refractivity contribution in [3.05, 3.63) is 152 Å². The van der Waals surface area contributed by atoms with E-state index in [-0.39, 0.29) is 0 Å². The molecule has 0 atom stereocenters. The number of hydrogen-bond acceptors (Lipinski definition) is 5. The number of rotatable bonds is 4. The van der Waals surface area contributed by atoms with Crippen LogP contribution in [0.4, 0.5) is 0 Å². The van der Waals surface area contributed by atoms with E-state index in [9.17, 15) is 0 Å². The van der Waals surface area contributed by atoms with Crippen LogP contribution in [-0.2, 0) is 0 Å². The fourth-order valence-corrected chi connectivity index (χ4v) is 6.14. The van der Waals surface area contributed by atoms with Crippen LogP contribution in [0.3, 0.4) is 0 Å². The van der Waals surface area contributed by atoms with Gasteiger partial charge in [-0.3, -0.25) is 4.98 Å². The van der Waals surface area contributed by atoms with E-state index in [0.717, 1.165) is 88.8 Å². The van der Waals surface area contributed by atoms with Gasteiger partial charge in [0.25, 0.3) is 0 Å². The summed E-state index contributed by atoms with van der Waals surface area (Å²) in [5.74, 6) is 0. The van der Waals surface area contributed by atoms with E-state index < -0.39 is 0 Å². The molecular formula is C41H25N5. The Balaban J connectivity index is 1.18. The Morgan fingerprint density at radius 3 is 1.61 bits per heavy atom. The van der Waals surface area contributed by atoms with Gasteiger partial charge in [0.05, 0.1) is 50.5 Å². The zero-order chi connectivity index (χ0) is 30.5. The highest BCUT2D eigenvalue weighted by molar-refractivity contribution is 6.04. The van der Waals surface area contributed by atoms with Gasteiger partial charge >= 0.3 is 0 Å². The van der Waals surface area contributed by atoms with Crippen LogP contribution in [0.25, 0.3) is 88.8 Å². The van der Waals surface area contributed by atoms with E-state index in [1.54, 1.807) is 6.20 Å². The second kappa shape index (κ2) is 10.7. The van der Waals surface area contributed by atoms with Crippen molar-refractivity contribution in [1.29, 1.82) is 0 Å². The second-order valence-corrected chi connectivity index (χ2v) is 11.4. The fourth-order valence-electron chi connectivity index (χ4n) is 6.14. The van der Waals surface area contributed by atoms with Crippen LogP contribution >= 0.6 is 0 Å². The summed E-state index contributed by atoms with van der Waals surface area (Å²) in [5, 5.41) is 4.36. The predicted octanol–water partition coefficient (Wildman–Crippen LogP) is 9.94. The molecule has 5 nitrogen and oxygen atoms in total. The quantitative estimate of drug-likeness (QED) is 0.192. The van der Waals surface area contributed by atoms with Crippen LogP contribution in [0.1, 0.15) is 0 Å². The average molecular weight is 588 g/mol. The van der Waals surface area contributed by atoms with Crippen molar-refractivity contribution in [3.8, 4) is 45.2 Å². The molecule has 0 unspecified atom stereocenters. The van der Waals surface area contributed by atoms with Crippen molar-refractivity contribution >= 4 is 43.6 Å². The molecule has 0 saturated carbocycles. The number of benzene rings is 5. The van der Waals surface area contributed by atoms with Crippen LogP contribution in [0.15, 0.2) is 152 Å². The highest BCUT2D eigenvalue weighted by Gasteiger charge is 2.15. The Morgan fingerprint density at radius 1 is 0.326 bits per heavy atom. The molecular weight excluding hydrogens is 562 g/mol. The third kappa shape index (κ3) is 4.54. The highest BCUT2D eigenvalue weighted by Crippen LogP contribution is 2.34. The molecule has 0 fully saturated rings. The zero-order valence-electron chi connectivity index (χ0n) is 24.7. The largest absolute Gasteiger partial charge is 0.255 e. The molecule has 4 aromatic heterocycles. The molecule has 5 aromatic carbocycles. The minimum atomic E-state index is 0.831. The van der Waals surface area contributed by atoms with Gasteiger partial charge in [-0.2, -0.15) is 0 Å². The van der Waals surface area contributed by atoms with Gasteiger partial charge in [-0.1, -0.05) is 97.1 Å². The van der Waals surface area contributed by atoms with Gasteiger partial charge in [-0.05, 0) is 59.3 Å². The third-order valence-corrected chi connectivity index (χ3v) is 8.47. The highest BCUT2D eigenvalue weighted by atomic mass is 14.8. The summed E-state index contributed by atoms with van der Waals surface area (Å²) >= 11 is 0. The topological polar surface area (TPSA) is 64.5 Å². The Labute approximate surface area is 264 Å². The van der Waals surface area contributed by atoms with Gasteiger partial charge in [-0.25, -0.2) is 19.9 Å². The smallest absolute Gasteiger partial charge is 0.0973 e. The maximum Gasteiger partial charge on any atom is 0.0973 e. The zero-order valence-corrected chi connectivity index (χ0v) is 24.7. The molecule has 9 rings (SSSR count). The van der Waals surface area contributed by atoms with Gasteiger partial charge in [0.1, 0.15) is 0 Å². The normalized spacial score (nSPS) is 11.5. The van der Waals surface area contributed by atoms with Crippen LogP contribution in [0, 0.1) is 0 Å². The van der Waals surface area contributed by atoms with E-state index in [1.165, 1.54) is 0 Å². The molecule has 46 heavy (non-hydrogen) atoms. The minimum absolute atomic E-state index is 0.831. The van der Waals surface area contributed by atoms with Crippen LogP contribution in [-0.4, -0.2) is 24.9 Å². The molecule has 214 valence electrons. The van der Waals surface area contributed by atoms with Gasteiger partial charge in [-0.15, -0.1) is 0 Å².